The Hall–Kier alpha value is -1.35. The normalized spacial score (nSPS) is 17.5. The molecule has 1 heterocycles. The molecule has 0 aromatic heterocycles. The molecule has 1 aromatic rings. The number of halogens is 1. The second-order valence-corrected chi connectivity index (χ2v) is 9.05. The molecule has 1 atom stereocenters. The van der Waals surface area contributed by atoms with Crippen LogP contribution in [-0.4, -0.2) is 63.8 Å². The summed E-state index contributed by atoms with van der Waals surface area (Å²) >= 11 is 6.29. The molecule has 152 valence electrons. The second kappa shape index (κ2) is 9.73. The van der Waals surface area contributed by atoms with Gasteiger partial charge in [-0.1, -0.05) is 18.5 Å². The molecule has 0 unspecified atom stereocenters. The molecule has 1 N–H and O–H groups in total. The minimum Gasteiger partial charge on any atom is -0.489 e. The Morgan fingerprint density at radius 1 is 1.37 bits per heavy atom. The summed E-state index contributed by atoms with van der Waals surface area (Å²) in [6.45, 7) is 3.28. The average molecular weight is 419 g/mol. The van der Waals surface area contributed by atoms with Crippen molar-refractivity contribution in [3.8, 4) is 5.75 Å². The van der Waals surface area contributed by atoms with Gasteiger partial charge in [0.15, 0.2) is 0 Å². The molecule has 0 aliphatic carbocycles. The first-order chi connectivity index (χ1) is 12.7. The molecular weight excluding hydrogens is 392 g/mol. The zero-order chi connectivity index (χ0) is 20.0. The molecular formula is C18H27ClN2O5S. The zero-order valence-corrected chi connectivity index (χ0v) is 17.5. The van der Waals surface area contributed by atoms with Crippen molar-refractivity contribution in [3.63, 3.8) is 0 Å². The van der Waals surface area contributed by atoms with E-state index in [2.05, 4.69) is 5.32 Å². The smallest absolute Gasteiger partial charge is 0.251 e. The molecule has 0 spiro atoms. The highest BCUT2D eigenvalue weighted by Crippen LogP contribution is 2.28. The quantitative estimate of drug-likeness (QED) is 0.700. The van der Waals surface area contributed by atoms with Gasteiger partial charge in [0.1, 0.15) is 11.9 Å². The lowest BCUT2D eigenvalue weighted by Gasteiger charge is -2.30. The van der Waals surface area contributed by atoms with Gasteiger partial charge < -0.3 is 14.8 Å². The average Bonchev–Trinajstić information content (AvgIpc) is 2.62. The molecule has 1 aromatic carbocycles. The number of hydrogen-bond donors (Lipinski definition) is 1. The summed E-state index contributed by atoms with van der Waals surface area (Å²) in [4.78, 5) is 12.3. The van der Waals surface area contributed by atoms with Gasteiger partial charge in [-0.05, 0) is 37.5 Å². The van der Waals surface area contributed by atoms with E-state index >= 15 is 0 Å². The maximum Gasteiger partial charge on any atom is 0.251 e. The lowest BCUT2D eigenvalue weighted by atomic mass is 10.1. The molecule has 9 heteroatoms. The van der Waals surface area contributed by atoms with Gasteiger partial charge in [-0.25, -0.2) is 12.7 Å². The van der Waals surface area contributed by atoms with Crippen molar-refractivity contribution < 1.29 is 22.7 Å². The fourth-order valence-electron chi connectivity index (χ4n) is 2.93. The van der Waals surface area contributed by atoms with E-state index in [-0.39, 0.29) is 18.1 Å². The van der Waals surface area contributed by atoms with Crippen LogP contribution in [0.15, 0.2) is 18.2 Å². The standard InChI is InChI=1S/C18H27ClN2O5S/c1-4-14(12-25-2)20-18(22)13-5-6-17(16(19)11-13)26-15-7-9-21(10-8-15)27(3,23)24/h5-6,11,14-15H,4,7-10,12H2,1-3H3,(H,20,22)/t14-/m0/s1. The molecule has 1 fully saturated rings. The number of carbonyl (C=O) groups excluding carboxylic acids is 1. The van der Waals surface area contributed by atoms with E-state index < -0.39 is 10.0 Å². The predicted molar refractivity (Wildman–Crippen MR) is 105 cm³/mol. The summed E-state index contributed by atoms with van der Waals surface area (Å²) in [5.41, 5.74) is 0.453. The maximum atomic E-state index is 12.3. The molecule has 1 aliphatic rings. The number of benzene rings is 1. The highest BCUT2D eigenvalue weighted by molar-refractivity contribution is 7.88. The summed E-state index contributed by atoms with van der Waals surface area (Å²) < 4.78 is 35.6. The van der Waals surface area contributed by atoms with Crippen molar-refractivity contribution >= 4 is 27.5 Å². The summed E-state index contributed by atoms with van der Waals surface area (Å²) in [6, 6.07) is 4.87. The van der Waals surface area contributed by atoms with Gasteiger partial charge in [0.05, 0.1) is 23.9 Å². The van der Waals surface area contributed by atoms with Crippen molar-refractivity contribution in [2.24, 2.45) is 0 Å². The molecule has 0 bridgehead atoms. The molecule has 1 aliphatic heterocycles. The minimum absolute atomic E-state index is 0.0581. The fourth-order valence-corrected chi connectivity index (χ4v) is 4.03. The number of nitrogens with zero attached hydrogens (tertiary/aromatic N) is 1. The molecule has 27 heavy (non-hydrogen) atoms. The summed E-state index contributed by atoms with van der Waals surface area (Å²) in [7, 11) is -1.57. The first-order valence-electron chi connectivity index (χ1n) is 8.95. The third-order valence-electron chi connectivity index (χ3n) is 4.55. The van der Waals surface area contributed by atoms with Crippen molar-refractivity contribution in [2.75, 3.05) is 33.1 Å². The van der Waals surface area contributed by atoms with Gasteiger partial charge in [0.25, 0.3) is 5.91 Å². The number of amides is 1. The van der Waals surface area contributed by atoms with Crippen LogP contribution < -0.4 is 10.1 Å². The van der Waals surface area contributed by atoms with Crippen LogP contribution in [0.3, 0.4) is 0 Å². The summed E-state index contributed by atoms with van der Waals surface area (Å²) in [5.74, 6) is 0.281. The largest absolute Gasteiger partial charge is 0.489 e. The Morgan fingerprint density at radius 3 is 2.56 bits per heavy atom. The number of ether oxygens (including phenoxy) is 2. The van der Waals surface area contributed by atoms with Gasteiger partial charge in [-0.15, -0.1) is 0 Å². The van der Waals surface area contributed by atoms with E-state index in [1.807, 2.05) is 6.92 Å². The van der Waals surface area contributed by atoms with E-state index in [1.54, 1.807) is 25.3 Å². The number of carbonyl (C=O) groups is 1. The van der Waals surface area contributed by atoms with E-state index in [4.69, 9.17) is 21.1 Å². The van der Waals surface area contributed by atoms with E-state index in [1.165, 1.54) is 10.6 Å². The van der Waals surface area contributed by atoms with Crippen molar-refractivity contribution in [2.45, 2.75) is 38.3 Å². The van der Waals surface area contributed by atoms with E-state index in [9.17, 15) is 13.2 Å². The minimum atomic E-state index is -3.16. The Bertz CT molecular complexity index is 748. The first-order valence-corrected chi connectivity index (χ1v) is 11.2. The highest BCUT2D eigenvalue weighted by Gasteiger charge is 2.26. The third-order valence-corrected chi connectivity index (χ3v) is 6.15. The number of rotatable bonds is 8. The highest BCUT2D eigenvalue weighted by atomic mass is 35.5. The number of piperidine rings is 1. The number of hydrogen-bond acceptors (Lipinski definition) is 5. The third kappa shape index (κ3) is 6.34. The van der Waals surface area contributed by atoms with Crippen molar-refractivity contribution in [3.05, 3.63) is 28.8 Å². The van der Waals surface area contributed by atoms with Crippen LogP contribution >= 0.6 is 11.6 Å². The van der Waals surface area contributed by atoms with Gasteiger partial charge in [-0.2, -0.15) is 0 Å². The van der Waals surface area contributed by atoms with Gasteiger partial charge in [0, 0.05) is 25.8 Å². The molecule has 2 rings (SSSR count). The number of sulfonamides is 1. The molecule has 7 nitrogen and oxygen atoms in total. The van der Waals surface area contributed by atoms with Crippen molar-refractivity contribution in [1.29, 1.82) is 0 Å². The van der Waals surface area contributed by atoms with Crippen LogP contribution in [0.1, 0.15) is 36.5 Å². The van der Waals surface area contributed by atoms with Gasteiger partial charge >= 0.3 is 0 Å². The molecule has 0 saturated carbocycles. The Kier molecular flexibility index (Phi) is 7.91. The maximum absolute atomic E-state index is 12.3. The van der Waals surface area contributed by atoms with Gasteiger partial charge in [-0.3, -0.25) is 4.79 Å². The van der Waals surface area contributed by atoms with Crippen molar-refractivity contribution in [1.82, 2.24) is 9.62 Å². The fraction of sp³-hybridized carbons (Fsp3) is 0.611. The molecule has 1 saturated heterocycles. The van der Waals surface area contributed by atoms with Gasteiger partial charge in [0.2, 0.25) is 10.0 Å². The van der Waals surface area contributed by atoms with Crippen LogP contribution in [0.5, 0.6) is 5.75 Å². The van der Waals surface area contributed by atoms with Crippen LogP contribution in [-0.2, 0) is 14.8 Å². The summed E-state index contributed by atoms with van der Waals surface area (Å²) in [5, 5.41) is 3.26. The molecule has 0 radical (unpaired) electrons. The predicted octanol–water partition coefficient (Wildman–Crippen LogP) is 2.30. The Labute approximate surface area is 166 Å². The first kappa shape index (κ1) is 21.9. The SMILES string of the molecule is CC[C@@H](COC)NC(=O)c1ccc(OC2CCN(S(C)(=O)=O)CC2)c(Cl)c1. The van der Waals surface area contributed by atoms with Crippen LogP contribution in [0.2, 0.25) is 5.02 Å². The number of nitrogens with one attached hydrogen (secondary N) is 1. The number of methoxy groups -OCH3 is 1. The van der Waals surface area contributed by atoms with E-state index in [0.29, 0.717) is 48.9 Å². The lowest BCUT2D eigenvalue weighted by Crippen LogP contribution is -2.41. The van der Waals surface area contributed by atoms with Crippen LogP contribution in [0, 0.1) is 0 Å². The molecule has 1 amide bonds. The summed E-state index contributed by atoms with van der Waals surface area (Å²) in [6.07, 6.45) is 3.07. The Morgan fingerprint density at radius 2 is 2.04 bits per heavy atom. The second-order valence-electron chi connectivity index (χ2n) is 6.66. The van der Waals surface area contributed by atoms with Crippen LogP contribution in [0.4, 0.5) is 0 Å². The van der Waals surface area contributed by atoms with Crippen LogP contribution in [0.25, 0.3) is 0 Å². The van der Waals surface area contributed by atoms with E-state index in [0.717, 1.165) is 6.42 Å². The monoisotopic (exact) mass is 418 g/mol. The Balaban J connectivity index is 1.96. The topological polar surface area (TPSA) is 84.9 Å². The lowest BCUT2D eigenvalue weighted by molar-refractivity contribution is 0.0894. The zero-order valence-electron chi connectivity index (χ0n) is 15.9.